The van der Waals surface area contributed by atoms with Gasteiger partial charge in [-0.25, -0.2) is 4.98 Å². The molecule has 4 rings (SSSR count). The number of aromatic nitrogens is 1. The molecule has 3 aliphatic rings. The minimum absolute atomic E-state index is 0.377. The van der Waals surface area contributed by atoms with Gasteiger partial charge >= 0.3 is 0 Å². The Morgan fingerprint density at radius 1 is 1.19 bits per heavy atom. The minimum atomic E-state index is -0.414. The van der Waals surface area contributed by atoms with E-state index < -0.39 is 18.3 Å². The fourth-order valence-electron chi connectivity index (χ4n) is 7.10. The largest absolute Gasteiger partial charge is 0.393 e. The first-order valence-corrected chi connectivity index (χ1v) is 13.6. The SMILES string of the molecule is C[C@H](CCC[C@@H](O)c1nccs1)[C@H]1CC[C@H]2/C(=C/C=C3C[C@@H](O)C[C@H](O)C3)CCC[C@]12C. The monoisotopic (exact) mass is 459 g/mol. The zero-order valence-corrected chi connectivity index (χ0v) is 20.6. The van der Waals surface area contributed by atoms with E-state index in [-0.39, 0.29) is 0 Å². The van der Waals surface area contributed by atoms with Crippen molar-refractivity contribution in [2.75, 3.05) is 0 Å². The van der Waals surface area contributed by atoms with Gasteiger partial charge in [0.05, 0.1) is 12.2 Å². The lowest BCUT2D eigenvalue weighted by Gasteiger charge is -2.44. The van der Waals surface area contributed by atoms with Crippen LogP contribution in [0.1, 0.15) is 95.6 Å². The van der Waals surface area contributed by atoms with Crippen molar-refractivity contribution >= 4 is 11.3 Å². The van der Waals surface area contributed by atoms with Gasteiger partial charge in [0, 0.05) is 11.6 Å². The molecule has 0 radical (unpaired) electrons. The van der Waals surface area contributed by atoms with Crippen LogP contribution in [0.25, 0.3) is 0 Å². The summed E-state index contributed by atoms with van der Waals surface area (Å²) >= 11 is 1.54. The average molecular weight is 460 g/mol. The van der Waals surface area contributed by atoms with Gasteiger partial charge in [-0.05, 0) is 81.0 Å². The molecule has 3 N–H and O–H groups in total. The second-order valence-electron chi connectivity index (χ2n) is 10.9. The molecule has 0 aliphatic heterocycles. The number of aliphatic hydroxyl groups is 3. The van der Waals surface area contributed by atoms with Crippen LogP contribution in [0, 0.1) is 23.2 Å². The molecule has 178 valence electrons. The Morgan fingerprint density at radius 3 is 2.69 bits per heavy atom. The smallest absolute Gasteiger partial charge is 0.121 e. The molecule has 0 saturated heterocycles. The van der Waals surface area contributed by atoms with E-state index in [2.05, 4.69) is 31.0 Å². The first-order chi connectivity index (χ1) is 15.4. The van der Waals surface area contributed by atoms with Gasteiger partial charge in [0.25, 0.3) is 0 Å². The van der Waals surface area contributed by atoms with Gasteiger partial charge < -0.3 is 15.3 Å². The summed E-state index contributed by atoms with van der Waals surface area (Å²) in [5, 5.41) is 33.1. The molecular weight excluding hydrogens is 418 g/mol. The average Bonchev–Trinajstić information content (AvgIpc) is 3.39. The molecule has 32 heavy (non-hydrogen) atoms. The van der Waals surface area contributed by atoms with Gasteiger partial charge in [-0.1, -0.05) is 50.0 Å². The third kappa shape index (κ3) is 5.38. The number of thiazole rings is 1. The zero-order valence-electron chi connectivity index (χ0n) is 19.7. The quantitative estimate of drug-likeness (QED) is 0.470. The highest BCUT2D eigenvalue weighted by molar-refractivity contribution is 7.09. The Morgan fingerprint density at radius 2 is 1.97 bits per heavy atom. The van der Waals surface area contributed by atoms with Gasteiger partial charge in [0.2, 0.25) is 0 Å². The van der Waals surface area contributed by atoms with Crippen molar-refractivity contribution in [2.45, 2.75) is 103 Å². The van der Waals surface area contributed by atoms with Crippen LogP contribution in [0.5, 0.6) is 0 Å². The third-order valence-corrected chi connectivity index (χ3v) is 9.55. The molecule has 1 heterocycles. The van der Waals surface area contributed by atoms with E-state index in [0.717, 1.165) is 23.8 Å². The molecule has 0 amide bonds. The van der Waals surface area contributed by atoms with Crippen molar-refractivity contribution in [1.82, 2.24) is 4.98 Å². The molecule has 5 heteroatoms. The lowest BCUT2D eigenvalue weighted by Crippen LogP contribution is -2.36. The lowest BCUT2D eigenvalue weighted by atomic mass is 9.60. The molecule has 0 spiro atoms. The van der Waals surface area contributed by atoms with Gasteiger partial charge in [0.15, 0.2) is 0 Å². The maximum Gasteiger partial charge on any atom is 0.121 e. The second-order valence-corrected chi connectivity index (χ2v) is 11.8. The third-order valence-electron chi connectivity index (χ3n) is 8.67. The maximum absolute atomic E-state index is 10.4. The van der Waals surface area contributed by atoms with Gasteiger partial charge in [-0.15, -0.1) is 11.3 Å². The van der Waals surface area contributed by atoms with E-state index in [0.29, 0.717) is 36.5 Å². The highest BCUT2D eigenvalue weighted by atomic mass is 32.1. The minimum Gasteiger partial charge on any atom is -0.393 e. The van der Waals surface area contributed by atoms with E-state index in [1.54, 1.807) is 23.1 Å². The number of fused-ring (bicyclic) bond motifs is 1. The predicted octanol–water partition coefficient (Wildman–Crippen LogP) is 5.96. The number of aliphatic hydroxyl groups excluding tert-OH is 3. The summed E-state index contributed by atoms with van der Waals surface area (Å²) in [5.74, 6) is 2.09. The maximum atomic E-state index is 10.4. The number of hydrogen-bond donors (Lipinski definition) is 3. The highest BCUT2D eigenvalue weighted by Crippen LogP contribution is 2.60. The van der Waals surface area contributed by atoms with Crippen LogP contribution in [0.15, 0.2) is 34.9 Å². The van der Waals surface area contributed by atoms with Crippen molar-refractivity contribution < 1.29 is 15.3 Å². The summed E-state index contributed by atoms with van der Waals surface area (Å²) in [5.41, 5.74) is 3.16. The first kappa shape index (κ1) is 24.1. The van der Waals surface area contributed by atoms with Gasteiger partial charge in [0.1, 0.15) is 11.1 Å². The highest BCUT2D eigenvalue weighted by Gasteiger charge is 2.50. The fraction of sp³-hybridized carbons (Fsp3) is 0.741. The zero-order chi connectivity index (χ0) is 22.7. The summed E-state index contributed by atoms with van der Waals surface area (Å²) < 4.78 is 0. The van der Waals surface area contributed by atoms with Crippen LogP contribution < -0.4 is 0 Å². The van der Waals surface area contributed by atoms with Gasteiger partial charge in [-0.2, -0.15) is 0 Å². The number of nitrogens with zero attached hydrogens (tertiary/aromatic N) is 1. The van der Waals surface area contributed by atoms with Crippen LogP contribution in [-0.2, 0) is 0 Å². The molecule has 3 fully saturated rings. The molecule has 0 aromatic carbocycles. The summed E-state index contributed by atoms with van der Waals surface area (Å²) in [7, 11) is 0. The molecule has 1 aromatic rings. The Labute approximate surface area is 197 Å². The fourth-order valence-corrected chi connectivity index (χ4v) is 7.76. The summed E-state index contributed by atoms with van der Waals surface area (Å²) in [4.78, 5) is 4.25. The van der Waals surface area contributed by atoms with E-state index in [1.807, 2.05) is 5.38 Å². The Kier molecular flexibility index (Phi) is 7.92. The predicted molar refractivity (Wildman–Crippen MR) is 130 cm³/mol. The van der Waals surface area contributed by atoms with Crippen LogP contribution in [-0.4, -0.2) is 32.5 Å². The van der Waals surface area contributed by atoms with Crippen molar-refractivity contribution in [3.05, 3.63) is 39.9 Å². The van der Waals surface area contributed by atoms with Crippen LogP contribution >= 0.6 is 11.3 Å². The molecular formula is C27H41NO3S. The lowest BCUT2D eigenvalue weighted by molar-refractivity contribution is 0.0609. The van der Waals surface area contributed by atoms with Crippen LogP contribution in [0.3, 0.4) is 0 Å². The van der Waals surface area contributed by atoms with E-state index in [1.165, 1.54) is 44.1 Å². The first-order valence-electron chi connectivity index (χ1n) is 12.7. The number of rotatable bonds is 7. The van der Waals surface area contributed by atoms with E-state index in [9.17, 15) is 15.3 Å². The number of hydrogen-bond acceptors (Lipinski definition) is 5. The molecule has 3 aliphatic carbocycles. The van der Waals surface area contributed by atoms with Crippen molar-refractivity contribution in [2.24, 2.45) is 23.2 Å². The topological polar surface area (TPSA) is 73.6 Å². The molecule has 0 unspecified atom stereocenters. The van der Waals surface area contributed by atoms with E-state index >= 15 is 0 Å². The molecule has 0 bridgehead atoms. The molecule has 7 atom stereocenters. The van der Waals surface area contributed by atoms with Crippen molar-refractivity contribution in [3.63, 3.8) is 0 Å². The Balaban J connectivity index is 1.36. The Hall–Kier alpha value is -1.01. The van der Waals surface area contributed by atoms with Crippen molar-refractivity contribution in [3.8, 4) is 0 Å². The normalized spacial score (nSPS) is 36.2. The summed E-state index contributed by atoms with van der Waals surface area (Å²) in [6.45, 7) is 4.96. The van der Waals surface area contributed by atoms with Crippen LogP contribution in [0.2, 0.25) is 0 Å². The summed E-state index contributed by atoms with van der Waals surface area (Å²) in [6.07, 6.45) is 16.4. The molecule has 3 saturated carbocycles. The number of allylic oxidation sites excluding steroid dienone is 3. The Bertz CT molecular complexity index is 792. The van der Waals surface area contributed by atoms with Crippen LogP contribution in [0.4, 0.5) is 0 Å². The standard InChI is InChI=1S/C27H41NO3S/c1-18(5-3-7-25(31)26-28-13-14-32-26)23-10-11-24-20(6-4-12-27(23,24)2)9-8-19-15-21(29)17-22(30)16-19/h8-9,13-14,18,21-25,29-31H,3-7,10-12,15-17H2,1-2H3/b20-9+/t18-,21-,22-,23-,24+,25-,27-/m1/s1. The summed E-state index contributed by atoms with van der Waals surface area (Å²) in [6, 6.07) is 0. The van der Waals surface area contributed by atoms with Gasteiger partial charge in [-0.3, -0.25) is 0 Å². The molecule has 1 aromatic heterocycles. The second kappa shape index (κ2) is 10.5. The molecule has 4 nitrogen and oxygen atoms in total. The van der Waals surface area contributed by atoms with Crippen molar-refractivity contribution in [1.29, 1.82) is 0 Å². The van der Waals surface area contributed by atoms with E-state index in [4.69, 9.17) is 0 Å².